The molecule has 1 rings (SSSR count). The van der Waals surface area contributed by atoms with Crippen LogP contribution in [-0.2, 0) is 0 Å². The SMILES string of the molecule is C=CN(C)/N=C(\C)C1=C=CN=C(SC)N=C1. The molecule has 0 aromatic heterocycles. The maximum Gasteiger partial charge on any atom is 0.187 e. The second kappa shape index (κ2) is 6.10. The van der Waals surface area contributed by atoms with Gasteiger partial charge in [0.25, 0.3) is 0 Å². The zero-order valence-corrected chi connectivity index (χ0v) is 10.5. The van der Waals surface area contributed by atoms with Crippen molar-refractivity contribution in [3.63, 3.8) is 0 Å². The van der Waals surface area contributed by atoms with Crippen molar-refractivity contribution in [3.05, 3.63) is 30.3 Å². The predicted molar refractivity (Wildman–Crippen MR) is 72.1 cm³/mol. The zero-order valence-electron chi connectivity index (χ0n) is 9.64. The van der Waals surface area contributed by atoms with Gasteiger partial charge < -0.3 is 0 Å². The Morgan fingerprint density at radius 3 is 3.06 bits per heavy atom. The van der Waals surface area contributed by atoms with Crippen LogP contribution in [0.4, 0.5) is 0 Å². The highest BCUT2D eigenvalue weighted by molar-refractivity contribution is 8.13. The summed E-state index contributed by atoms with van der Waals surface area (Å²) in [5, 5.41) is 6.63. The molecule has 1 aliphatic heterocycles. The maximum absolute atomic E-state index is 4.28. The van der Waals surface area contributed by atoms with Crippen LogP contribution in [0.2, 0.25) is 0 Å². The number of allylic oxidation sites excluding steroid dienone is 1. The number of hydrazone groups is 1. The van der Waals surface area contributed by atoms with Gasteiger partial charge in [-0.2, -0.15) is 5.10 Å². The molecule has 0 aliphatic carbocycles. The molecule has 0 unspecified atom stereocenters. The highest BCUT2D eigenvalue weighted by Gasteiger charge is 2.02. The second-order valence-corrected chi connectivity index (χ2v) is 3.78. The normalized spacial score (nSPS) is 15.3. The molecule has 16 heavy (non-hydrogen) atoms. The fraction of sp³-hybridized carbons (Fsp3) is 0.273. The number of aliphatic imine (C=N–C) groups is 2. The number of rotatable bonds is 3. The lowest BCUT2D eigenvalue weighted by Crippen LogP contribution is -2.07. The molecular formula is C11H14N4S. The first-order valence-corrected chi connectivity index (χ1v) is 5.92. The summed E-state index contributed by atoms with van der Waals surface area (Å²) in [5.41, 5.74) is 4.67. The second-order valence-electron chi connectivity index (χ2n) is 3.00. The number of amidine groups is 1. The quantitative estimate of drug-likeness (QED) is 0.427. The lowest BCUT2D eigenvalue weighted by Gasteiger charge is -2.07. The summed E-state index contributed by atoms with van der Waals surface area (Å²) in [7, 11) is 1.82. The lowest BCUT2D eigenvalue weighted by atomic mass is 10.2. The van der Waals surface area contributed by atoms with Gasteiger partial charge in [0.2, 0.25) is 0 Å². The van der Waals surface area contributed by atoms with E-state index in [-0.39, 0.29) is 0 Å². The van der Waals surface area contributed by atoms with E-state index in [4.69, 9.17) is 0 Å². The van der Waals surface area contributed by atoms with Gasteiger partial charge in [-0.15, -0.1) is 0 Å². The summed E-state index contributed by atoms with van der Waals surface area (Å²) in [5.74, 6) is 0. The Hall–Kier alpha value is -1.58. The van der Waals surface area contributed by atoms with Gasteiger partial charge in [-0.05, 0) is 13.2 Å². The Morgan fingerprint density at radius 1 is 1.69 bits per heavy atom. The molecule has 0 spiro atoms. The first kappa shape index (κ1) is 12.5. The molecule has 0 saturated carbocycles. The molecule has 5 heteroatoms. The van der Waals surface area contributed by atoms with Gasteiger partial charge in [0.05, 0.1) is 17.5 Å². The molecule has 1 heterocycles. The van der Waals surface area contributed by atoms with Crippen molar-refractivity contribution in [2.24, 2.45) is 15.1 Å². The Kier molecular flexibility index (Phi) is 4.76. The van der Waals surface area contributed by atoms with Crippen LogP contribution < -0.4 is 0 Å². The molecule has 0 saturated heterocycles. The van der Waals surface area contributed by atoms with Crippen molar-refractivity contribution in [2.45, 2.75) is 6.92 Å². The van der Waals surface area contributed by atoms with Crippen LogP contribution in [0, 0.1) is 0 Å². The molecule has 0 amide bonds. The van der Waals surface area contributed by atoms with E-state index in [0.717, 1.165) is 11.3 Å². The summed E-state index contributed by atoms with van der Waals surface area (Å²) >= 11 is 1.49. The molecule has 0 radical (unpaired) electrons. The van der Waals surface area contributed by atoms with Crippen molar-refractivity contribution >= 4 is 28.9 Å². The summed E-state index contributed by atoms with van der Waals surface area (Å²) in [6.45, 7) is 5.52. The Balaban J connectivity index is 2.90. The number of hydrogen-bond acceptors (Lipinski definition) is 5. The van der Waals surface area contributed by atoms with Crippen LogP contribution in [0.1, 0.15) is 6.92 Å². The van der Waals surface area contributed by atoms with Crippen LogP contribution in [0.25, 0.3) is 0 Å². The largest absolute Gasteiger partial charge is 0.276 e. The molecule has 84 valence electrons. The Bertz CT molecular complexity index is 425. The molecular weight excluding hydrogens is 220 g/mol. The van der Waals surface area contributed by atoms with E-state index in [1.807, 2.05) is 20.2 Å². The Labute approximate surface area is 99.9 Å². The third-order valence-corrected chi connectivity index (χ3v) is 2.42. The van der Waals surface area contributed by atoms with Crippen molar-refractivity contribution in [1.82, 2.24) is 5.01 Å². The van der Waals surface area contributed by atoms with Gasteiger partial charge in [-0.1, -0.05) is 24.1 Å². The average molecular weight is 234 g/mol. The zero-order chi connectivity index (χ0) is 12.0. The monoisotopic (exact) mass is 234 g/mol. The van der Waals surface area contributed by atoms with Gasteiger partial charge in [0, 0.05) is 19.5 Å². The van der Waals surface area contributed by atoms with E-state index in [2.05, 4.69) is 27.4 Å². The molecule has 1 aliphatic rings. The Morgan fingerprint density at radius 2 is 2.44 bits per heavy atom. The van der Waals surface area contributed by atoms with Gasteiger partial charge >= 0.3 is 0 Å². The summed E-state index contributed by atoms with van der Waals surface area (Å²) < 4.78 is 0. The molecule has 0 N–H and O–H groups in total. The lowest BCUT2D eigenvalue weighted by molar-refractivity contribution is 0.492. The molecule has 0 bridgehead atoms. The van der Waals surface area contributed by atoms with Crippen LogP contribution in [0.3, 0.4) is 0 Å². The van der Waals surface area contributed by atoms with E-state index < -0.39 is 0 Å². The van der Waals surface area contributed by atoms with Crippen LogP contribution in [-0.4, -0.2) is 35.4 Å². The molecule has 0 aromatic carbocycles. The average Bonchev–Trinajstić information content (AvgIpc) is 2.53. The van der Waals surface area contributed by atoms with Gasteiger partial charge in [-0.25, -0.2) is 9.98 Å². The van der Waals surface area contributed by atoms with Crippen LogP contribution >= 0.6 is 11.8 Å². The van der Waals surface area contributed by atoms with Crippen molar-refractivity contribution in [3.8, 4) is 0 Å². The summed E-state index contributed by atoms with van der Waals surface area (Å²) in [4.78, 5) is 8.32. The smallest absolute Gasteiger partial charge is 0.187 e. The van der Waals surface area contributed by atoms with E-state index in [0.29, 0.717) is 5.17 Å². The van der Waals surface area contributed by atoms with Crippen molar-refractivity contribution < 1.29 is 0 Å². The summed E-state index contributed by atoms with van der Waals surface area (Å²) in [6, 6.07) is 0. The van der Waals surface area contributed by atoms with Crippen LogP contribution in [0.5, 0.6) is 0 Å². The third-order valence-electron chi connectivity index (χ3n) is 1.84. The van der Waals surface area contributed by atoms with E-state index in [1.54, 1.807) is 23.6 Å². The predicted octanol–water partition coefficient (Wildman–Crippen LogP) is 2.28. The topological polar surface area (TPSA) is 40.3 Å². The maximum atomic E-state index is 4.28. The van der Waals surface area contributed by atoms with Gasteiger partial charge in [-0.3, -0.25) is 5.01 Å². The molecule has 4 nitrogen and oxygen atoms in total. The standard InChI is InChI=1S/C11H14N4S/c1-5-15(3)14-9(2)10-6-7-12-11(16-4)13-8-10/h5,7-8H,1H2,2-4H3/b14-9+. The van der Waals surface area contributed by atoms with E-state index in [9.17, 15) is 0 Å². The first-order chi connectivity index (χ1) is 7.67. The minimum absolute atomic E-state index is 0.715. The van der Waals surface area contributed by atoms with Gasteiger partial charge in [0.15, 0.2) is 5.17 Å². The van der Waals surface area contributed by atoms with Crippen LogP contribution in [0.15, 0.2) is 45.4 Å². The fourth-order valence-corrected chi connectivity index (χ4v) is 1.30. The van der Waals surface area contributed by atoms with E-state index in [1.165, 1.54) is 11.8 Å². The highest BCUT2D eigenvalue weighted by atomic mass is 32.2. The fourth-order valence-electron chi connectivity index (χ4n) is 0.982. The minimum atomic E-state index is 0.715. The number of thioether (sulfide) groups is 1. The highest BCUT2D eigenvalue weighted by Crippen LogP contribution is 2.05. The van der Waals surface area contributed by atoms with Crippen molar-refractivity contribution in [1.29, 1.82) is 0 Å². The third kappa shape index (κ3) is 3.53. The van der Waals surface area contributed by atoms with Gasteiger partial charge in [0.1, 0.15) is 0 Å². The first-order valence-electron chi connectivity index (χ1n) is 4.69. The summed E-state index contributed by atoms with van der Waals surface area (Å²) in [6.07, 6.45) is 6.89. The minimum Gasteiger partial charge on any atom is -0.276 e. The van der Waals surface area contributed by atoms with E-state index >= 15 is 0 Å². The van der Waals surface area contributed by atoms with Crippen molar-refractivity contribution in [2.75, 3.05) is 13.3 Å². The molecule has 0 fully saturated rings. The number of hydrogen-bond donors (Lipinski definition) is 0. The number of nitrogens with zero attached hydrogens (tertiary/aromatic N) is 4. The molecule has 0 atom stereocenters. The molecule has 0 aromatic rings.